The second-order valence-electron chi connectivity index (χ2n) is 4.18. The molecule has 116 valence electrons. The molecule has 1 rings (SSSR count). The van der Waals surface area contributed by atoms with Crippen LogP contribution in [0.2, 0.25) is 6.04 Å². The van der Waals surface area contributed by atoms with Gasteiger partial charge < -0.3 is 23.4 Å². The SMILES string of the molecule is CCO.CCO[SiH](CCCCOCC1CO1)OCC. The van der Waals surface area contributed by atoms with Crippen molar-refractivity contribution in [3.8, 4) is 0 Å². The fourth-order valence-corrected chi connectivity index (χ4v) is 3.28. The van der Waals surface area contributed by atoms with Gasteiger partial charge in [-0.15, -0.1) is 0 Å². The molecule has 0 aromatic heterocycles. The Labute approximate surface area is 119 Å². The third kappa shape index (κ3) is 14.2. The summed E-state index contributed by atoms with van der Waals surface area (Å²) in [6.45, 7) is 10.00. The van der Waals surface area contributed by atoms with Crippen LogP contribution in [0.1, 0.15) is 33.6 Å². The lowest BCUT2D eigenvalue weighted by atomic mass is 10.3. The third-order valence-electron chi connectivity index (χ3n) is 2.39. The second-order valence-corrected chi connectivity index (χ2v) is 6.29. The Morgan fingerprint density at radius 2 is 1.74 bits per heavy atom. The van der Waals surface area contributed by atoms with Crippen molar-refractivity contribution >= 4 is 9.28 Å². The van der Waals surface area contributed by atoms with E-state index in [2.05, 4.69) is 0 Å². The van der Waals surface area contributed by atoms with Crippen molar-refractivity contribution in [2.24, 2.45) is 0 Å². The van der Waals surface area contributed by atoms with E-state index in [4.69, 9.17) is 23.4 Å². The maximum Gasteiger partial charge on any atom is 0.321 e. The number of ether oxygens (including phenoxy) is 2. The summed E-state index contributed by atoms with van der Waals surface area (Å²) in [4.78, 5) is 0. The highest BCUT2D eigenvalue weighted by atomic mass is 28.3. The Kier molecular flexibility index (Phi) is 14.4. The summed E-state index contributed by atoms with van der Waals surface area (Å²) in [6, 6.07) is 1.09. The molecule has 1 heterocycles. The van der Waals surface area contributed by atoms with E-state index in [0.29, 0.717) is 6.10 Å². The molecule has 1 saturated heterocycles. The highest BCUT2D eigenvalue weighted by Crippen LogP contribution is 2.09. The maximum atomic E-state index is 7.57. The summed E-state index contributed by atoms with van der Waals surface area (Å²) in [5, 5.41) is 7.57. The molecule has 1 aliphatic heterocycles. The van der Waals surface area contributed by atoms with Crippen LogP contribution in [0.15, 0.2) is 0 Å². The van der Waals surface area contributed by atoms with Crippen LogP contribution in [-0.2, 0) is 18.3 Å². The zero-order chi connectivity index (χ0) is 14.3. The van der Waals surface area contributed by atoms with Crippen LogP contribution >= 0.6 is 0 Å². The minimum absolute atomic E-state index is 0.250. The van der Waals surface area contributed by atoms with E-state index in [0.717, 1.165) is 51.9 Å². The smallest absolute Gasteiger partial charge is 0.321 e. The van der Waals surface area contributed by atoms with Gasteiger partial charge in [-0.25, -0.2) is 0 Å². The minimum atomic E-state index is -1.37. The summed E-state index contributed by atoms with van der Waals surface area (Å²) in [7, 11) is -1.37. The molecule has 5 nitrogen and oxygen atoms in total. The predicted octanol–water partition coefficient (Wildman–Crippen LogP) is 1.47. The van der Waals surface area contributed by atoms with E-state index >= 15 is 0 Å². The molecule has 1 aliphatic rings. The number of unbranched alkanes of at least 4 members (excludes halogenated alkanes) is 1. The molecule has 1 fully saturated rings. The quantitative estimate of drug-likeness (QED) is 0.355. The summed E-state index contributed by atoms with van der Waals surface area (Å²) >= 11 is 0. The monoisotopic (exact) mass is 294 g/mol. The molecule has 0 aliphatic carbocycles. The first-order chi connectivity index (χ1) is 9.28. The van der Waals surface area contributed by atoms with Crippen molar-refractivity contribution in [2.45, 2.75) is 45.8 Å². The van der Waals surface area contributed by atoms with Crippen molar-refractivity contribution in [1.82, 2.24) is 0 Å². The first kappa shape index (κ1) is 19.0. The van der Waals surface area contributed by atoms with E-state index in [1.54, 1.807) is 6.92 Å². The normalized spacial score (nSPS) is 17.2. The molecule has 0 bridgehead atoms. The van der Waals surface area contributed by atoms with Gasteiger partial charge in [0.25, 0.3) is 0 Å². The van der Waals surface area contributed by atoms with Gasteiger partial charge in [-0.2, -0.15) is 0 Å². The van der Waals surface area contributed by atoms with Crippen LogP contribution in [0, 0.1) is 0 Å². The Bertz CT molecular complexity index is 172. The first-order valence-corrected chi connectivity index (χ1v) is 9.07. The summed E-state index contributed by atoms with van der Waals surface area (Å²) in [6.07, 6.45) is 2.62. The van der Waals surface area contributed by atoms with Gasteiger partial charge in [0.1, 0.15) is 6.10 Å². The van der Waals surface area contributed by atoms with Gasteiger partial charge in [0.05, 0.1) is 13.2 Å². The second kappa shape index (κ2) is 14.4. The van der Waals surface area contributed by atoms with Gasteiger partial charge in [0.2, 0.25) is 0 Å². The molecule has 6 heteroatoms. The molecule has 0 radical (unpaired) electrons. The number of aliphatic hydroxyl groups excluding tert-OH is 1. The van der Waals surface area contributed by atoms with Gasteiger partial charge in [-0.1, -0.05) is 0 Å². The van der Waals surface area contributed by atoms with Gasteiger partial charge in [0, 0.05) is 26.4 Å². The van der Waals surface area contributed by atoms with Crippen molar-refractivity contribution in [3.63, 3.8) is 0 Å². The van der Waals surface area contributed by atoms with E-state index in [1.807, 2.05) is 13.8 Å². The fraction of sp³-hybridized carbons (Fsp3) is 1.00. The van der Waals surface area contributed by atoms with Gasteiger partial charge in [0.15, 0.2) is 0 Å². The Morgan fingerprint density at radius 1 is 1.16 bits per heavy atom. The molecule has 0 saturated carbocycles. The van der Waals surface area contributed by atoms with Crippen LogP contribution in [0.25, 0.3) is 0 Å². The van der Waals surface area contributed by atoms with E-state index in [-0.39, 0.29) is 6.61 Å². The number of epoxide rings is 1. The zero-order valence-electron chi connectivity index (χ0n) is 12.6. The average molecular weight is 294 g/mol. The van der Waals surface area contributed by atoms with Crippen molar-refractivity contribution in [3.05, 3.63) is 0 Å². The molecule has 0 amide bonds. The largest absolute Gasteiger partial charge is 0.397 e. The topological polar surface area (TPSA) is 60.5 Å². The van der Waals surface area contributed by atoms with Gasteiger partial charge >= 0.3 is 9.28 Å². The van der Waals surface area contributed by atoms with Crippen molar-refractivity contribution < 1.29 is 23.4 Å². The predicted molar refractivity (Wildman–Crippen MR) is 77.8 cm³/mol. The maximum absolute atomic E-state index is 7.57. The van der Waals surface area contributed by atoms with E-state index < -0.39 is 9.28 Å². The lowest BCUT2D eigenvalue weighted by molar-refractivity contribution is 0.113. The van der Waals surface area contributed by atoms with Crippen LogP contribution in [0.5, 0.6) is 0 Å². The Morgan fingerprint density at radius 3 is 2.21 bits per heavy atom. The molecule has 0 aromatic carbocycles. The molecule has 1 N–H and O–H groups in total. The molecule has 1 atom stereocenters. The van der Waals surface area contributed by atoms with Gasteiger partial charge in [-0.3, -0.25) is 0 Å². The standard InChI is InChI=1S/C11H24O4Si.C2H6O/c1-3-14-16(15-4-2)8-6-5-7-12-9-11-10-13-11;1-2-3/h11,16H,3-10H2,1-2H3;3H,2H2,1H3. The van der Waals surface area contributed by atoms with Crippen molar-refractivity contribution in [1.29, 1.82) is 0 Å². The minimum Gasteiger partial charge on any atom is -0.397 e. The summed E-state index contributed by atoms with van der Waals surface area (Å²) in [5.74, 6) is 0. The van der Waals surface area contributed by atoms with E-state index in [9.17, 15) is 0 Å². The van der Waals surface area contributed by atoms with Crippen LogP contribution < -0.4 is 0 Å². The third-order valence-corrected chi connectivity index (χ3v) is 4.68. The summed E-state index contributed by atoms with van der Waals surface area (Å²) in [5.41, 5.74) is 0. The van der Waals surface area contributed by atoms with E-state index in [1.165, 1.54) is 0 Å². The Hall–Kier alpha value is 0.0169. The van der Waals surface area contributed by atoms with Crippen LogP contribution in [-0.4, -0.2) is 60.1 Å². The lowest BCUT2D eigenvalue weighted by Crippen LogP contribution is -2.22. The molecule has 0 spiro atoms. The van der Waals surface area contributed by atoms with Crippen molar-refractivity contribution in [2.75, 3.05) is 39.6 Å². The number of rotatable bonds is 11. The number of hydrogen-bond acceptors (Lipinski definition) is 5. The highest BCUT2D eigenvalue weighted by molar-refractivity contribution is 6.44. The summed E-state index contributed by atoms with van der Waals surface area (Å²) < 4.78 is 21.7. The molecule has 0 aromatic rings. The van der Waals surface area contributed by atoms with Crippen LogP contribution in [0.3, 0.4) is 0 Å². The first-order valence-electron chi connectivity index (χ1n) is 7.31. The molecular formula is C13H30O5Si. The van der Waals surface area contributed by atoms with Crippen LogP contribution in [0.4, 0.5) is 0 Å². The average Bonchev–Trinajstić information content (AvgIpc) is 3.19. The Balaban J connectivity index is 0.000000982. The molecule has 1 unspecified atom stereocenters. The number of aliphatic hydroxyl groups is 1. The lowest BCUT2D eigenvalue weighted by Gasteiger charge is -2.14. The van der Waals surface area contributed by atoms with Gasteiger partial charge in [-0.05, 0) is 39.7 Å². The zero-order valence-corrected chi connectivity index (χ0v) is 13.8. The highest BCUT2D eigenvalue weighted by Gasteiger charge is 2.22. The number of hydrogen-bond donors (Lipinski definition) is 1. The molecular weight excluding hydrogens is 264 g/mol. The fourth-order valence-electron chi connectivity index (χ4n) is 1.48. The molecule has 19 heavy (non-hydrogen) atoms.